The van der Waals surface area contributed by atoms with E-state index < -0.39 is 6.04 Å². The quantitative estimate of drug-likeness (QED) is 0.657. The fourth-order valence-corrected chi connectivity index (χ4v) is 2.29. The maximum atomic E-state index is 11.9. The van der Waals surface area contributed by atoms with Crippen LogP contribution in [0.25, 0.3) is 0 Å². The lowest BCUT2D eigenvalue weighted by molar-refractivity contribution is -0.135. The summed E-state index contributed by atoms with van der Waals surface area (Å²) >= 11 is 0. The summed E-state index contributed by atoms with van der Waals surface area (Å²) in [5.74, 6) is 0.457. The lowest BCUT2D eigenvalue weighted by atomic mass is 9.79. The Labute approximate surface area is 85.6 Å². The second kappa shape index (κ2) is 4.30. The number of hydrogen-bond acceptors (Lipinski definition) is 1. The summed E-state index contributed by atoms with van der Waals surface area (Å²) in [4.78, 5) is 13.8. The van der Waals surface area contributed by atoms with Gasteiger partial charge < -0.3 is 4.90 Å². The average Bonchev–Trinajstić information content (AvgIpc) is 2.15. The van der Waals surface area contributed by atoms with E-state index >= 15 is 0 Å². The number of amides is 1. The number of nitrogens with zero attached hydrogens (tertiary/aromatic N) is 1. The van der Waals surface area contributed by atoms with Crippen molar-refractivity contribution in [2.75, 3.05) is 13.1 Å². The second-order valence-electron chi connectivity index (χ2n) is 4.55. The van der Waals surface area contributed by atoms with Crippen LogP contribution in [0.15, 0.2) is 0 Å². The van der Waals surface area contributed by atoms with Crippen LogP contribution in [-0.4, -0.2) is 29.9 Å². The number of likely N-dealkylation sites (tertiary alicyclic amines) is 1. The predicted molar refractivity (Wildman–Crippen MR) is 54.7 cm³/mol. The molecule has 79 valence electrons. The van der Waals surface area contributed by atoms with Gasteiger partial charge in [0.1, 0.15) is 6.04 Å². The van der Waals surface area contributed by atoms with Crippen molar-refractivity contribution in [3.05, 3.63) is 0 Å². The molecule has 1 aliphatic heterocycles. The minimum absolute atomic E-state index is 0.0920. The highest BCUT2D eigenvalue weighted by atomic mass is 16.2. The van der Waals surface area contributed by atoms with Crippen LogP contribution in [0.3, 0.4) is 0 Å². The van der Waals surface area contributed by atoms with Crippen LogP contribution in [0.2, 0.25) is 0 Å². The molecule has 3 nitrogen and oxygen atoms in total. The number of carbonyl (C=O) groups excluding carboxylic acids is 1. The normalized spacial score (nSPS) is 25.6. The molecular formula is C11H19N2O. The zero-order chi connectivity index (χ0) is 9.97. The van der Waals surface area contributed by atoms with E-state index in [4.69, 9.17) is 5.73 Å². The van der Waals surface area contributed by atoms with Crippen molar-refractivity contribution in [1.29, 1.82) is 0 Å². The third kappa shape index (κ3) is 1.92. The topological polar surface area (TPSA) is 44.1 Å². The highest BCUT2D eigenvalue weighted by Gasteiger charge is 2.33. The van der Waals surface area contributed by atoms with E-state index in [0.717, 1.165) is 38.8 Å². The monoisotopic (exact) mass is 195 g/mol. The molecule has 1 saturated heterocycles. The highest BCUT2D eigenvalue weighted by molar-refractivity contribution is 5.82. The third-order valence-corrected chi connectivity index (χ3v) is 3.56. The maximum Gasteiger partial charge on any atom is 0.241 e. The molecule has 0 bridgehead atoms. The van der Waals surface area contributed by atoms with Crippen molar-refractivity contribution >= 4 is 5.91 Å². The molecule has 2 fully saturated rings. The van der Waals surface area contributed by atoms with E-state index in [1.165, 1.54) is 12.8 Å². The molecule has 1 heterocycles. The van der Waals surface area contributed by atoms with Gasteiger partial charge in [-0.2, -0.15) is 0 Å². The summed E-state index contributed by atoms with van der Waals surface area (Å²) in [6.07, 6.45) is 6.90. The van der Waals surface area contributed by atoms with Gasteiger partial charge in [0.05, 0.1) is 0 Å². The third-order valence-electron chi connectivity index (χ3n) is 3.56. The van der Waals surface area contributed by atoms with Gasteiger partial charge in [-0.25, -0.2) is 5.73 Å². The van der Waals surface area contributed by atoms with Crippen molar-refractivity contribution < 1.29 is 4.79 Å². The van der Waals surface area contributed by atoms with Crippen LogP contribution in [0.5, 0.6) is 0 Å². The van der Waals surface area contributed by atoms with E-state index in [0.29, 0.717) is 5.92 Å². The molecule has 1 atom stereocenters. The molecule has 0 spiro atoms. The molecule has 1 N–H and O–H groups in total. The summed E-state index contributed by atoms with van der Waals surface area (Å²) in [5, 5.41) is 0. The Bertz CT molecular complexity index is 203. The fraction of sp³-hybridized carbons (Fsp3) is 0.909. The first-order valence-electron chi connectivity index (χ1n) is 5.79. The number of nitrogens with one attached hydrogen (secondary N) is 1. The number of carbonyl (C=O) groups is 1. The van der Waals surface area contributed by atoms with Gasteiger partial charge in [-0.05, 0) is 38.0 Å². The van der Waals surface area contributed by atoms with Gasteiger partial charge >= 0.3 is 0 Å². The van der Waals surface area contributed by atoms with Crippen LogP contribution >= 0.6 is 0 Å². The van der Waals surface area contributed by atoms with Crippen LogP contribution < -0.4 is 5.73 Å². The molecule has 14 heavy (non-hydrogen) atoms. The van der Waals surface area contributed by atoms with Gasteiger partial charge in [0.2, 0.25) is 5.91 Å². The van der Waals surface area contributed by atoms with Gasteiger partial charge in [-0.1, -0.05) is 6.42 Å². The molecule has 0 aromatic heterocycles. The van der Waals surface area contributed by atoms with Crippen LogP contribution in [0, 0.1) is 5.92 Å². The highest BCUT2D eigenvalue weighted by Crippen LogP contribution is 2.30. The van der Waals surface area contributed by atoms with Crippen LogP contribution in [-0.2, 0) is 4.79 Å². The van der Waals surface area contributed by atoms with Gasteiger partial charge in [-0.15, -0.1) is 0 Å². The Morgan fingerprint density at radius 3 is 2.29 bits per heavy atom. The zero-order valence-electron chi connectivity index (χ0n) is 8.67. The lowest BCUT2D eigenvalue weighted by Gasteiger charge is -2.35. The Morgan fingerprint density at radius 2 is 1.79 bits per heavy atom. The Kier molecular flexibility index (Phi) is 3.06. The molecular weight excluding hydrogens is 176 g/mol. The van der Waals surface area contributed by atoms with Crippen molar-refractivity contribution in [2.24, 2.45) is 5.92 Å². The molecule has 0 aromatic rings. The molecule has 1 amide bonds. The molecule has 1 unspecified atom stereocenters. The van der Waals surface area contributed by atoms with Crippen LogP contribution in [0.4, 0.5) is 0 Å². The number of rotatable bonds is 2. The summed E-state index contributed by atoms with van der Waals surface area (Å²) < 4.78 is 0. The summed E-state index contributed by atoms with van der Waals surface area (Å²) in [5.41, 5.74) is 7.88. The molecule has 0 aromatic carbocycles. The Hall–Kier alpha value is -0.570. The standard InChI is InChI=1S/C11H19N2O/c12-10(9-5-4-6-9)11(14)13-7-2-1-3-8-13/h9-10,12H,1-8H2. The van der Waals surface area contributed by atoms with E-state index in [-0.39, 0.29) is 5.91 Å². The van der Waals surface area contributed by atoms with Gasteiger partial charge in [0.25, 0.3) is 0 Å². The number of hydrogen-bond donors (Lipinski definition) is 0. The Balaban J connectivity index is 1.85. The molecule has 1 radical (unpaired) electrons. The molecule has 3 heteroatoms. The summed E-state index contributed by atoms with van der Waals surface area (Å²) in [6, 6.07) is -0.457. The largest absolute Gasteiger partial charge is 0.341 e. The van der Waals surface area contributed by atoms with Crippen molar-refractivity contribution in [2.45, 2.75) is 44.6 Å². The molecule has 2 rings (SSSR count). The van der Waals surface area contributed by atoms with E-state index in [2.05, 4.69) is 0 Å². The first-order chi connectivity index (χ1) is 6.79. The Morgan fingerprint density at radius 1 is 1.14 bits per heavy atom. The van der Waals surface area contributed by atoms with Crippen LogP contribution in [0.1, 0.15) is 38.5 Å². The average molecular weight is 195 g/mol. The first kappa shape index (κ1) is 9.97. The minimum Gasteiger partial charge on any atom is -0.341 e. The summed E-state index contributed by atoms with van der Waals surface area (Å²) in [6.45, 7) is 1.78. The maximum absolute atomic E-state index is 11.9. The van der Waals surface area contributed by atoms with Crippen molar-refractivity contribution in [1.82, 2.24) is 10.6 Å². The smallest absolute Gasteiger partial charge is 0.241 e. The van der Waals surface area contributed by atoms with Gasteiger partial charge in [-0.3, -0.25) is 4.79 Å². The molecule has 1 aliphatic carbocycles. The minimum atomic E-state index is -0.457. The van der Waals surface area contributed by atoms with Crippen molar-refractivity contribution in [3.63, 3.8) is 0 Å². The lowest BCUT2D eigenvalue weighted by Crippen LogP contribution is -2.47. The molecule has 2 aliphatic rings. The van der Waals surface area contributed by atoms with E-state index in [9.17, 15) is 4.79 Å². The SMILES string of the molecule is [NH]C(C(=O)N1CCCCC1)C1CCC1. The van der Waals surface area contributed by atoms with Gasteiger partial charge in [0.15, 0.2) is 0 Å². The summed E-state index contributed by atoms with van der Waals surface area (Å²) in [7, 11) is 0. The zero-order valence-corrected chi connectivity index (χ0v) is 8.67. The molecule has 1 saturated carbocycles. The predicted octanol–water partition coefficient (Wildman–Crippen LogP) is 1.45. The van der Waals surface area contributed by atoms with Crippen molar-refractivity contribution in [3.8, 4) is 0 Å². The van der Waals surface area contributed by atoms with E-state index in [1.807, 2.05) is 4.90 Å². The second-order valence-corrected chi connectivity index (χ2v) is 4.55. The number of piperidine rings is 1. The fourth-order valence-electron chi connectivity index (χ4n) is 2.29. The first-order valence-corrected chi connectivity index (χ1v) is 5.79. The van der Waals surface area contributed by atoms with Gasteiger partial charge in [0, 0.05) is 13.1 Å². The van der Waals surface area contributed by atoms with E-state index in [1.54, 1.807) is 0 Å².